The molecule has 0 saturated carbocycles. The standard InChI is InChI=1S/C26H21FN2O7S/c1-3-34-25(33)23-13(2)28-26(37-23)29-20(14-4-7-16(27)8-5-14)19(22(31)24(29)32)21(30)15-6-9-17-18(12-15)36-11-10-35-17/h4-9,12,20,30H,3,10-11H2,1-2H3/b21-19+. The maximum atomic E-state index is 13.7. The van der Waals surface area contributed by atoms with Crippen molar-refractivity contribution in [3.8, 4) is 11.5 Å². The Bertz CT molecular complexity index is 1450. The number of rotatable bonds is 5. The Hall–Kier alpha value is -4.25. The number of ketones is 1. The number of ether oxygens (including phenoxy) is 3. The number of anilines is 1. The minimum atomic E-state index is -1.13. The maximum Gasteiger partial charge on any atom is 0.350 e. The molecule has 9 nitrogen and oxygen atoms in total. The van der Waals surface area contributed by atoms with E-state index in [9.17, 15) is 23.9 Å². The van der Waals surface area contributed by atoms with Gasteiger partial charge in [0.25, 0.3) is 5.78 Å². The average Bonchev–Trinajstić information content (AvgIpc) is 3.40. The first-order chi connectivity index (χ1) is 17.8. The van der Waals surface area contributed by atoms with Crippen LogP contribution in [-0.2, 0) is 14.3 Å². The molecular weight excluding hydrogens is 503 g/mol. The molecule has 5 rings (SSSR count). The molecule has 1 amide bonds. The van der Waals surface area contributed by atoms with E-state index in [0.29, 0.717) is 36.0 Å². The molecule has 3 heterocycles. The molecule has 1 saturated heterocycles. The Morgan fingerprint density at radius 1 is 1.16 bits per heavy atom. The number of benzene rings is 2. The number of esters is 1. The minimum Gasteiger partial charge on any atom is -0.507 e. The summed E-state index contributed by atoms with van der Waals surface area (Å²) in [6.07, 6.45) is 0. The number of carbonyl (C=O) groups is 3. The van der Waals surface area contributed by atoms with Crippen molar-refractivity contribution in [3.05, 3.63) is 75.6 Å². The maximum absolute atomic E-state index is 13.7. The Morgan fingerprint density at radius 3 is 2.57 bits per heavy atom. The molecule has 1 unspecified atom stereocenters. The SMILES string of the molecule is CCOC(=O)c1sc(N2C(=O)C(=O)/C(=C(/O)c3ccc4c(c3)OCCO4)C2c2ccc(F)cc2)nc1C. The fourth-order valence-corrected chi connectivity index (χ4v) is 5.20. The van der Waals surface area contributed by atoms with Crippen molar-refractivity contribution >= 4 is 39.9 Å². The lowest BCUT2D eigenvalue weighted by Gasteiger charge is -2.23. The predicted octanol–water partition coefficient (Wildman–Crippen LogP) is 4.16. The number of aromatic nitrogens is 1. The van der Waals surface area contributed by atoms with Gasteiger partial charge in [-0.1, -0.05) is 23.5 Å². The van der Waals surface area contributed by atoms with Gasteiger partial charge in [-0.15, -0.1) is 0 Å². The number of aliphatic hydroxyl groups is 1. The second-order valence-electron chi connectivity index (χ2n) is 8.21. The Morgan fingerprint density at radius 2 is 1.86 bits per heavy atom. The summed E-state index contributed by atoms with van der Waals surface area (Å²) in [6.45, 7) is 4.12. The van der Waals surface area contributed by atoms with Crippen LogP contribution in [0.2, 0.25) is 0 Å². The second-order valence-corrected chi connectivity index (χ2v) is 9.19. The number of carbonyl (C=O) groups excluding carboxylic acids is 3. The summed E-state index contributed by atoms with van der Waals surface area (Å²) >= 11 is 0.893. The number of amides is 1. The molecule has 1 atom stereocenters. The van der Waals surface area contributed by atoms with E-state index in [1.165, 1.54) is 30.3 Å². The van der Waals surface area contributed by atoms with Crippen molar-refractivity contribution in [1.82, 2.24) is 4.98 Å². The zero-order valence-corrected chi connectivity index (χ0v) is 20.6. The summed E-state index contributed by atoms with van der Waals surface area (Å²) in [4.78, 5) is 44.6. The van der Waals surface area contributed by atoms with Crippen LogP contribution in [-0.4, -0.2) is 47.6 Å². The first-order valence-corrected chi connectivity index (χ1v) is 12.2. The molecule has 11 heteroatoms. The van der Waals surface area contributed by atoms with Gasteiger partial charge in [0, 0.05) is 5.56 Å². The highest BCUT2D eigenvalue weighted by Crippen LogP contribution is 2.44. The number of Topliss-reactive ketones (excluding diaryl/α,β-unsaturated/α-hetero) is 1. The molecule has 3 aromatic rings. The van der Waals surface area contributed by atoms with E-state index >= 15 is 0 Å². The molecule has 0 radical (unpaired) electrons. The first-order valence-electron chi connectivity index (χ1n) is 11.4. The molecule has 190 valence electrons. The number of hydrogen-bond acceptors (Lipinski definition) is 9. The summed E-state index contributed by atoms with van der Waals surface area (Å²) < 4.78 is 29.9. The van der Waals surface area contributed by atoms with Crippen LogP contribution in [0, 0.1) is 12.7 Å². The van der Waals surface area contributed by atoms with Gasteiger partial charge in [0.1, 0.15) is 29.7 Å². The molecule has 0 aliphatic carbocycles. The van der Waals surface area contributed by atoms with Gasteiger partial charge in [-0.2, -0.15) is 0 Å². The number of fused-ring (bicyclic) bond motifs is 1. The van der Waals surface area contributed by atoms with Gasteiger partial charge in [0.2, 0.25) is 0 Å². The number of thiazole rings is 1. The highest BCUT2D eigenvalue weighted by Gasteiger charge is 2.48. The summed E-state index contributed by atoms with van der Waals surface area (Å²) in [5.74, 6) is -2.58. The minimum absolute atomic E-state index is 0.0678. The van der Waals surface area contributed by atoms with Gasteiger partial charge in [-0.3, -0.25) is 14.5 Å². The van der Waals surface area contributed by atoms with E-state index in [1.807, 2.05) is 0 Å². The van der Waals surface area contributed by atoms with E-state index in [2.05, 4.69) is 4.98 Å². The number of aliphatic hydroxyl groups excluding tert-OH is 1. The molecule has 1 fully saturated rings. The normalized spacial score (nSPS) is 18.2. The van der Waals surface area contributed by atoms with E-state index in [0.717, 1.165) is 16.2 Å². The van der Waals surface area contributed by atoms with Crippen LogP contribution in [0.5, 0.6) is 11.5 Å². The van der Waals surface area contributed by atoms with Crippen LogP contribution in [0.4, 0.5) is 9.52 Å². The van der Waals surface area contributed by atoms with Crippen molar-refractivity contribution in [3.63, 3.8) is 0 Å². The highest BCUT2D eigenvalue weighted by molar-refractivity contribution is 7.17. The predicted molar refractivity (Wildman–Crippen MR) is 131 cm³/mol. The summed E-state index contributed by atoms with van der Waals surface area (Å²) in [6, 6.07) is 8.76. The third-order valence-corrected chi connectivity index (χ3v) is 7.03. The zero-order valence-electron chi connectivity index (χ0n) is 19.8. The third kappa shape index (κ3) is 4.31. The van der Waals surface area contributed by atoms with Crippen LogP contribution >= 0.6 is 11.3 Å². The molecular formula is C26H21FN2O7S. The summed E-state index contributed by atoms with van der Waals surface area (Å²) in [7, 11) is 0. The quantitative estimate of drug-likeness (QED) is 0.229. The molecule has 2 aliphatic rings. The van der Waals surface area contributed by atoms with Crippen LogP contribution in [0.25, 0.3) is 5.76 Å². The van der Waals surface area contributed by atoms with Crippen LogP contribution < -0.4 is 14.4 Å². The average molecular weight is 525 g/mol. The van der Waals surface area contributed by atoms with Gasteiger partial charge in [0.05, 0.1) is 23.9 Å². The smallest absolute Gasteiger partial charge is 0.350 e. The molecule has 0 bridgehead atoms. The first kappa shape index (κ1) is 24.4. The Labute approximate surface area is 214 Å². The van der Waals surface area contributed by atoms with E-state index in [4.69, 9.17) is 14.2 Å². The van der Waals surface area contributed by atoms with Gasteiger partial charge < -0.3 is 19.3 Å². The van der Waals surface area contributed by atoms with Crippen molar-refractivity contribution in [1.29, 1.82) is 0 Å². The molecule has 2 aliphatic heterocycles. The second kappa shape index (κ2) is 9.66. The topological polar surface area (TPSA) is 115 Å². The molecule has 0 spiro atoms. The molecule has 1 aromatic heterocycles. The van der Waals surface area contributed by atoms with Crippen molar-refractivity contribution in [2.24, 2.45) is 0 Å². The van der Waals surface area contributed by atoms with Crippen LogP contribution in [0.3, 0.4) is 0 Å². The van der Waals surface area contributed by atoms with Crippen LogP contribution in [0.1, 0.15) is 39.5 Å². The highest BCUT2D eigenvalue weighted by atomic mass is 32.1. The number of aryl methyl sites for hydroxylation is 1. The zero-order chi connectivity index (χ0) is 26.3. The molecule has 1 N–H and O–H groups in total. The van der Waals surface area contributed by atoms with Gasteiger partial charge in [0.15, 0.2) is 16.6 Å². The van der Waals surface area contributed by atoms with Gasteiger partial charge in [-0.05, 0) is 49.7 Å². The fraction of sp³-hybridized carbons (Fsp3) is 0.231. The van der Waals surface area contributed by atoms with Crippen molar-refractivity contribution in [2.45, 2.75) is 19.9 Å². The number of hydrogen-bond donors (Lipinski definition) is 1. The lowest BCUT2D eigenvalue weighted by molar-refractivity contribution is -0.132. The van der Waals surface area contributed by atoms with Gasteiger partial charge in [-0.25, -0.2) is 14.2 Å². The monoisotopic (exact) mass is 524 g/mol. The van der Waals surface area contributed by atoms with Crippen molar-refractivity contribution < 1.29 is 38.1 Å². The summed E-state index contributed by atoms with van der Waals surface area (Å²) in [5, 5.41) is 11.4. The molecule has 37 heavy (non-hydrogen) atoms. The Balaban J connectivity index is 1.66. The van der Waals surface area contributed by atoms with E-state index < -0.39 is 35.3 Å². The molecule has 2 aromatic carbocycles. The van der Waals surface area contributed by atoms with Crippen molar-refractivity contribution in [2.75, 3.05) is 24.7 Å². The Kier molecular flexibility index (Phi) is 6.38. The lowest BCUT2D eigenvalue weighted by Crippen LogP contribution is -2.29. The van der Waals surface area contributed by atoms with E-state index in [-0.39, 0.29) is 27.8 Å². The number of halogens is 1. The number of nitrogens with zero attached hydrogens (tertiary/aromatic N) is 2. The summed E-state index contributed by atoms with van der Waals surface area (Å²) in [5.41, 5.74) is 0.714. The third-order valence-electron chi connectivity index (χ3n) is 5.90. The van der Waals surface area contributed by atoms with Gasteiger partial charge >= 0.3 is 11.9 Å². The lowest BCUT2D eigenvalue weighted by atomic mass is 9.95. The fourth-order valence-electron chi connectivity index (χ4n) is 4.21. The van der Waals surface area contributed by atoms with E-state index in [1.54, 1.807) is 26.0 Å². The largest absolute Gasteiger partial charge is 0.507 e. The van der Waals surface area contributed by atoms with Crippen LogP contribution in [0.15, 0.2) is 48.0 Å².